The fourth-order valence-electron chi connectivity index (χ4n) is 1.99. The largest absolute Gasteiger partial charge is 0.416 e. The zero-order valence-corrected chi connectivity index (χ0v) is 9.75. The molecule has 1 aliphatic heterocycles. The lowest BCUT2D eigenvalue weighted by Crippen LogP contribution is -2.36. The number of alkyl halides is 3. The third-order valence-electron chi connectivity index (χ3n) is 3.00. The first-order valence-electron chi connectivity index (χ1n) is 5.44. The second kappa shape index (κ2) is 3.79. The van der Waals surface area contributed by atoms with Gasteiger partial charge in [-0.15, -0.1) is 0 Å². The Morgan fingerprint density at radius 2 is 1.71 bits per heavy atom. The van der Waals surface area contributed by atoms with Crippen LogP contribution in [0.15, 0.2) is 36.5 Å². The summed E-state index contributed by atoms with van der Waals surface area (Å²) < 4.78 is 37.3. The number of rotatable bonds is 1. The molecule has 1 aromatic rings. The van der Waals surface area contributed by atoms with E-state index in [1.165, 1.54) is 12.1 Å². The predicted molar refractivity (Wildman–Crippen MR) is 61.8 cm³/mol. The van der Waals surface area contributed by atoms with Crippen molar-refractivity contribution in [3.8, 4) is 0 Å². The molecule has 1 nitrogen and oxygen atoms in total. The molecule has 0 N–H and O–H groups in total. The first-order chi connectivity index (χ1) is 7.81. The molecule has 1 aromatic carbocycles. The lowest BCUT2D eigenvalue weighted by Gasteiger charge is -2.33. The normalized spacial score (nSPS) is 18.8. The lowest BCUT2D eigenvalue weighted by molar-refractivity contribution is -0.137. The Kier molecular flexibility index (Phi) is 2.68. The second-order valence-corrected chi connectivity index (χ2v) is 4.82. The van der Waals surface area contributed by atoms with Crippen molar-refractivity contribution in [1.29, 1.82) is 0 Å². The van der Waals surface area contributed by atoms with Crippen molar-refractivity contribution in [2.75, 3.05) is 4.90 Å². The average Bonchev–Trinajstić information content (AvgIpc) is 2.57. The Balaban J connectivity index is 2.27. The minimum absolute atomic E-state index is 0.0697. The molecular formula is C13H14F3N. The molecule has 0 saturated heterocycles. The summed E-state index contributed by atoms with van der Waals surface area (Å²) in [6, 6.07) is 5.27. The number of halogens is 3. The minimum atomic E-state index is -4.27. The van der Waals surface area contributed by atoms with E-state index >= 15 is 0 Å². The molecule has 17 heavy (non-hydrogen) atoms. The zero-order chi connectivity index (χ0) is 12.7. The van der Waals surface area contributed by atoms with Crippen molar-refractivity contribution in [3.05, 3.63) is 42.1 Å². The van der Waals surface area contributed by atoms with Gasteiger partial charge in [0.05, 0.1) is 5.56 Å². The molecule has 4 heteroatoms. The van der Waals surface area contributed by atoms with Gasteiger partial charge in [0.1, 0.15) is 0 Å². The van der Waals surface area contributed by atoms with Crippen LogP contribution in [0, 0.1) is 0 Å². The van der Waals surface area contributed by atoms with Gasteiger partial charge in [-0.05, 0) is 44.5 Å². The fourth-order valence-corrected chi connectivity index (χ4v) is 1.99. The SMILES string of the molecule is CC1(C)CC=CN1c1ccc(C(F)(F)F)cc1. The molecule has 92 valence electrons. The summed E-state index contributed by atoms with van der Waals surface area (Å²) in [6.07, 6.45) is 0.573. The van der Waals surface area contributed by atoms with Crippen molar-refractivity contribution in [1.82, 2.24) is 0 Å². The summed E-state index contributed by atoms with van der Waals surface area (Å²) in [5.41, 5.74) is 0.110. The van der Waals surface area contributed by atoms with Crippen LogP contribution in [0.1, 0.15) is 25.8 Å². The van der Waals surface area contributed by atoms with E-state index in [1.807, 2.05) is 17.2 Å². The molecule has 0 amide bonds. The number of benzene rings is 1. The number of hydrogen-bond donors (Lipinski definition) is 0. The maximum absolute atomic E-state index is 12.4. The number of hydrogen-bond acceptors (Lipinski definition) is 1. The highest BCUT2D eigenvalue weighted by atomic mass is 19.4. The van der Waals surface area contributed by atoms with Gasteiger partial charge in [-0.1, -0.05) is 6.08 Å². The molecule has 0 aliphatic carbocycles. The standard InChI is InChI=1S/C13H14F3N/c1-12(2)8-3-9-17(12)11-6-4-10(5-7-11)13(14,15)16/h3-7,9H,8H2,1-2H3. The first kappa shape index (κ1) is 12.0. The summed E-state index contributed by atoms with van der Waals surface area (Å²) in [7, 11) is 0. The molecule has 0 bridgehead atoms. The molecule has 1 heterocycles. The van der Waals surface area contributed by atoms with Gasteiger partial charge in [-0.3, -0.25) is 0 Å². The summed E-state index contributed by atoms with van der Waals surface area (Å²) in [5.74, 6) is 0. The zero-order valence-electron chi connectivity index (χ0n) is 9.75. The molecule has 0 radical (unpaired) electrons. The van der Waals surface area contributed by atoms with Crippen LogP contribution in [0.2, 0.25) is 0 Å². The maximum Gasteiger partial charge on any atom is 0.416 e. The summed E-state index contributed by atoms with van der Waals surface area (Å²) >= 11 is 0. The molecule has 0 spiro atoms. The van der Waals surface area contributed by atoms with Crippen LogP contribution in [0.3, 0.4) is 0 Å². The maximum atomic E-state index is 12.4. The number of anilines is 1. The Bertz CT molecular complexity index is 429. The van der Waals surface area contributed by atoms with Gasteiger partial charge < -0.3 is 4.90 Å². The van der Waals surface area contributed by atoms with Crippen LogP contribution in [0.5, 0.6) is 0 Å². The third kappa shape index (κ3) is 2.30. The monoisotopic (exact) mass is 241 g/mol. The molecule has 0 atom stereocenters. The molecule has 1 aliphatic rings. The Morgan fingerprint density at radius 1 is 1.12 bits per heavy atom. The van der Waals surface area contributed by atoms with E-state index < -0.39 is 11.7 Å². The summed E-state index contributed by atoms with van der Waals surface area (Å²) in [5, 5.41) is 0. The average molecular weight is 241 g/mol. The first-order valence-corrected chi connectivity index (χ1v) is 5.44. The molecule has 2 rings (SSSR count). The summed E-state index contributed by atoms with van der Waals surface area (Å²) in [4.78, 5) is 1.99. The van der Waals surface area contributed by atoms with Crippen LogP contribution in [-0.4, -0.2) is 5.54 Å². The van der Waals surface area contributed by atoms with Crippen molar-refractivity contribution in [2.24, 2.45) is 0 Å². The van der Waals surface area contributed by atoms with E-state index in [4.69, 9.17) is 0 Å². The van der Waals surface area contributed by atoms with Gasteiger partial charge in [0.25, 0.3) is 0 Å². The van der Waals surface area contributed by atoms with E-state index in [2.05, 4.69) is 13.8 Å². The van der Waals surface area contributed by atoms with E-state index in [-0.39, 0.29) is 5.54 Å². The minimum Gasteiger partial charge on any atom is -0.342 e. The Morgan fingerprint density at radius 3 is 2.12 bits per heavy atom. The van der Waals surface area contributed by atoms with Crippen LogP contribution >= 0.6 is 0 Å². The van der Waals surface area contributed by atoms with Gasteiger partial charge in [0.15, 0.2) is 0 Å². The fraction of sp³-hybridized carbons (Fsp3) is 0.385. The van der Waals surface area contributed by atoms with Gasteiger partial charge >= 0.3 is 6.18 Å². The molecule has 0 unspecified atom stereocenters. The topological polar surface area (TPSA) is 3.24 Å². The van der Waals surface area contributed by atoms with Gasteiger partial charge in [-0.2, -0.15) is 13.2 Å². The highest BCUT2D eigenvalue weighted by molar-refractivity contribution is 5.54. The van der Waals surface area contributed by atoms with E-state index in [1.54, 1.807) is 0 Å². The third-order valence-corrected chi connectivity index (χ3v) is 3.00. The molecule has 0 fully saturated rings. The van der Waals surface area contributed by atoms with Crippen LogP contribution in [0.4, 0.5) is 18.9 Å². The van der Waals surface area contributed by atoms with Gasteiger partial charge in [0.2, 0.25) is 0 Å². The van der Waals surface area contributed by atoms with Gasteiger partial charge in [0, 0.05) is 17.4 Å². The smallest absolute Gasteiger partial charge is 0.342 e. The Hall–Kier alpha value is -1.45. The van der Waals surface area contributed by atoms with E-state index in [0.717, 1.165) is 24.2 Å². The quantitative estimate of drug-likeness (QED) is 0.712. The van der Waals surface area contributed by atoms with Crippen LogP contribution in [0.25, 0.3) is 0 Å². The van der Waals surface area contributed by atoms with Gasteiger partial charge in [-0.25, -0.2) is 0 Å². The van der Waals surface area contributed by atoms with E-state index in [9.17, 15) is 13.2 Å². The van der Waals surface area contributed by atoms with Crippen molar-refractivity contribution < 1.29 is 13.2 Å². The van der Waals surface area contributed by atoms with Crippen LogP contribution in [-0.2, 0) is 6.18 Å². The second-order valence-electron chi connectivity index (χ2n) is 4.82. The highest BCUT2D eigenvalue weighted by Gasteiger charge is 2.32. The number of nitrogens with zero attached hydrogens (tertiary/aromatic N) is 1. The predicted octanol–water partition coefficient (Wildman–Crippen LogP) is 4.21. The molecule has 0 saturated carbocycles. The van der Waals surface area contributed by atoms with E-state index in [0.29, 0.717) is 0 Å². The lowest BCUT2D eigenvalue weighted by atomic mass is 10.0. The Labute approximate surface area is 98.5 Å². The highest BCUT2D eigenvalue weighted by Crippen LogP contribution is 2.34. The van der Waals surface area contributed by atoms with Crippen molar-refractivity contribution in [3.63, 3.8) is 0 Å². The van der Waals surface area contributed by atoms with Crippen molar-refractivity contribution >= 4 is 5.69 Å². The molecule has 0 aromatic heterocycles. The van der Waals surface area contributed by atoms with Crippen LogP contribution < -0.4 is 4.90 Å². The van der Waals surface area contributed by atoms with Crippen molar-refractivity contribution in [2.45, 2.75) is 32.0 Å². The molecular weight excluding hydrogens is 227 g/mol. The summed E-state index contributed by atoms with van der Waals surface area (Å²) in [6.45, 7) is 4.12.